The highest BCUT2D eigenvalue weighted by atomic mass is 16.3. The van der Waals surface area contributed by atoms with Crippen LogP contribution in [0.3, 0.4) is 0 Å². The van der Waals surface area contributed by atoms with Gasteiger partial charge in [0.15, 0.2) is 0 Å². The summed E-state index contributed by atoms with van der Waals surface area (Å²) in [6.45, 7) is 6.74. The van der Waals surface area contributed by atoms with Crippen molar-refractivity contribution in [1.82, 2.24) is 0 Å². The largest absolute Gasteiger partial charge is 0.392 e. The molecule has 2 bridgehead atoms. The Morgan fingerprint density at radius 3 is 2.14 bits per heavy atom. The number of hydrogen-bond donors (Lipinski definition) is 1. The van der Waals surface area contributed by atoms with Crippen molar-refractivity contribution in [2.45, 2.75) is 58.0 Å². The van der Waals surface area contributed by atoms with Crippen molar-refractivity contribution in [3.8, 4) is 0 Å². The van der Waals surface area contributed by atoms with Gasteiger partial charge in [0.1, 0.15) is 0 Å². The first-order valence-corrected chi connectivity index (χ1v) is 8.72. The van der Waals surface area contributed by atoms with Crippen molar-refractivity contribution < 1.29 is 5.11 Å². The molecule has 0 aromatic heterocycles. The van der Waals surface area contributed by atoms with Crippen LogP contribution in [0.25, 0.3) is 0 Å². The quantitative estimate of drug-likeness (QED) is 0.883. The van der Waals surface area contributed by atoms with Gasteiger partial charge in [-0.3, -0.25) is 0 Å². The topological polar surface area (TPSA) is 20.2 Å². The third kappa shape index (κ3) is 2.25. The maximum absolute atomic E-state index is 10.6. The maximum atomic E-state index is 10.6. The predicted octanol–water partition coefficient (Wildman–Crippen LogP) is 4.18. The number of rotatable bonds is 3. The number of hydrogen-bond acceptors (Lipinski definition) is 1. The SMILES string of the molecule is CC(C)(C)c1ccc(CC(O)C2C3C4CCC(C4)C23)cc1. The van der Waals surface area contributed by atoms with E-state index in [0.29, 0.717) is 5.92 Å². The Morgan fingerprint density at radius 1 is 1.05 bits per heavy atom. The Morgan fingerprint density at radius 2 is 1.62 bits per heavy atom. The van der Waals surface area contributed by atoms with Gasteiger partial charge in [-0.1, -0.05) is 45.0 Å². The van der Waals surface area contributed by atoms with Gasteiger partial charge >= 0.3 is 0 Å². The van der Waals surface area contributed by atoms with Gasteiger partial charge in [0.2, 0.25) is 0 Å². The van der Waals surface area contributed by atoms with Crippen LogP contribution in [0.2, 0.25) is 0 Å². The molecule has 1 heteroatoms. The Labute approximate surface area is 128 Å². The van der Waals surface area contributed by atoms with E-state index in [0.717, 1.165) is 30.1 Å². The van der Waals surface area contributed by atoms with E-state index in [1.165, 1.54) is 30.4 Å². The minimum Gasteiger partial charge on any atom is -0.392 e. The van der Waals surface area contributed by atoms with E-state index < -0.39 is 0 Å². The molecule has 5 atom stereocenters. The normalized spacial score (nSPS) is 38.4. The van der Waals surface area contributed by atoms with Gasteiger partial charge in [-0.15, -0.1) is 0 Å². The second-order valence-electron chi connectivity index (χ2n) is 8.78. The molecule has 1 aromatic rings. The van der Waals surface area contributed by atoms with Crippen molar-refractivity contribution in [3.63, 3.8) is 0 Å². The molecule has 3 fully saturated rings. The Balaban J connectivity index is 1.40. The van der Waals surface area contributed by atoms with Gasteiger partial charge < -0.3 is 5.11 Å². The number of aliphatic hydroxyl groups excluding tert-OH is 1. The zero-order valence-electron chi connectivity index (χ0n) is 13.5. The zero-order valence-corrected chi connectivity index (χ0v) is 13.5. The lowest BCUT2D eigenvalue weighted by Crippen LogP contribution is -2.18. The van der Waals surface area contributed by atoms with Crippen molar-refractivity contribution in [2.24, 2.45) is 29.6 Å². The highest BCUT2D eigenvalue weighted by molar-refractivity contribution is 5.28. The molecule has 114 valence electrons. The average Bonchev–Trinajstić information content (AvgIpc) is 2.88. The molecule has 1 N–H and O–H groups in total. The monoisotopic (exact) mass is 284 g/mol. The van der Waals surface area contributed by atoms with E-state index in [1.54, 1.807) is 0 Å². The fraction of sp³-hybridized carbons (Fsp3) is 0.700. The third-order valence-electron chi connectivity index (χ3n) is 6.50. The van der Waals surface area contributed by atoms with E-state index >= 15 is 0 Å². The van der Waals surface area contributed by atoms with Gasteiger partial charge in [-0.2, -0.15) is 0 Å². The van der Waals surface area contributed by atoms with Gasteiger partial charge in [-0.25, -0.2) is 0 Å². The van der Waals surface area contributed by atoms with Crippen LogP contribution < -0.4 is 0 Å². The van der Waals surface area contributed by atoms with Gasteiger partial charge in [-0.05, 0) is 71.8 Å². The molecule has 1 nitrogen and oxygen atoms in total. The number of benzene rings is 1. The van der Waals surface area contributed by atoms with Crippen LogP contribution in [0.1, 0.15) is 51.2 Å². The van der Waals surface area contributed by atoms with Gasteiger partial charge in [0.05, 0.1) is 6.10 Å². The van der Waals surface area contributed by atoms with E-state index in [4.69, 9.17) is 0 Å². The predicted molar refractivity (Wildman–Crippen MR) is 86.2 cm³/mol. The maximum Gasteiger partial charge on any atom is 0.0614 e. The second-order valence-corrected chi connectivity index (χ2v) is 8.78. The summed E-state index contributed by atoms with van der Waals surface area (Å²) in [4.78, 5) is 0. The van der Waals surface area contributed by atoms with Crippen LogP contribution in [0.15, 0.2) is 24.3 Å². The van der Waals surface area contributed by atoms with E-state index in [-0.39, 0.29) is 11.5 Å². The first-order chi connectivity index (χ1) is 9.95. The molecular weight excluding hydrogens is 256 g/mol. The molecule has 4 rings (SSSR count). The highest BCUT2D eigenvalue weighted by Gasteiger charge is 2.66. The van der Waals surface area contributed by atoms with Crippen LogP contribution in [0.4, 0.5) is 0 Å². The van der Waals surface area contributed by atoms with Gasteiger partial charge in [0.25, 0.3) is 0 Å². The molecule has 21 heavy (non-hydrogen) atoms. The Kier molecular flexibility index (Phi) is 3.02. The minimum absolute atomic E-state index is 0.108. The lowest BCUT2D eigenvalue weighted by Gasteiger charge is -2.20. The van der Waals surface area contributed by atoms with Crippen LogP contribution in [0, 0.1) is 29.6 Å². The summed E-state index contributed by atoms with van der Waals surface area (Å²) in [5.41, 5.74) is 2.89. The average molecular weight is 284 g/mol. The summed E-state index contributed by atoms with van der Waals surface area (Å²) >= 11 is 0. The Hall–Kier alpha value is -0.820. The summed E-state index contributed by atoms with van der Waals surface area (Å²) in [7, 11) is 0. The molecule has 0 aliphatic heterocycles. The van der Waals surface area contributed by atoms with Gasteiger partial charge in [0, 0.05) is 0 Å². The molecule has 0 amide bonds. The first kappa shape index (κ1) is 13.8. The lowest BCUT2D eigenvalue weighted by molar-refractivity contribution is 0.128. The molecule has 3 aliphatic carbocycles. The lowest BCUT2D eigenvalue weighted by atomic mass is 9.86. The summed E-state index contributed by atoms with van der Waals surface area (Å²) in [5, 5.41) is 10.6. The molecule has 0 heterocycles. The summed E-state index contributed by atoms with van der Waals surface area (Å²) in [6.07, 6.45) is 5.09. The van der Waals surface area contributed by atoms with E-state index in [9.17, 15) is 5.11 Å². The van der Waals surface area contributed by atoms with Crippen LogP contribution >= 0.6 is 0 Å². The summed E-state index contributed by atoms with van der Waals surface area (Å²) in [6, 6.07) is 8.91. The summed E-state index contributed by atoms with van der Waals surface area (Å²) < 4.78 is 0. The molecule has 0 radical (unpaired) electrons. The van der Waals surface area contributed by atoms with Crippen LogP contribution in [0.5, 0.6) is 0 Å². The fourth-order valence-electron chi connectivity index (χ4n) is 5.43. The molecule has 1 aromatic carbocycles. The molecular formula is C20H28O. The van der Waals surface area contributed by atoms with Crippen molar-refractivity contribution in [1.29, 1.82) is 0 Å². The second kappa shape index (κ2) is 4.59. The van der Waals surface area contributed by atoms with Crippen molar-refractivity contribution in [3.05, 3.63) is 35.4 Å². The molecule has 3 saturated carbocycles. The first-order valence-electron chi connectivity index (χ1n) is 8.72. The number of aliphatic hydroxyl groups is 1. The molecule has 3 aliphatic rings. The third-order valence-corrected chi connectivity index (χ3v) is 6.50. The van der Waals surface area contributed by atoms with Crippen LogP contribution in [-0.4, -0.2) is 11.2 Å². The number of fused-ring (bicyclic) bond motifs is 5. The molecule has 0 saturated heterocycles. The van der Waals surface area contributed by atoms with Crippen molar-refractivity contribution >= 4 is 0 Å². The molecule has 0 spiro atoms. The summed E-state index contributed by atoms with van der Waals surface area (Å²) in [5.74, 6) is 4.31. The zero-order chi connectivity index (χ0) is 14.8. The van der Waals surface area contributed by atoms with Crippen molar-refractivity contribution in [2.75, 3.05) is 0 Å². The Bertz CT molecular complexity index is 508. The van der Waals surface area contributed by atoms with Crippen LogP contribution in [-0.2, 0) is 11.8 Å². The standard InChI is InChI=1S/C20H28O/c1-20(2,3)15-8-4-12(5-9-15)10-16(21)19-17-13-6-7-14(11-13)18(17)19/h4-5,8-9,13-14,16-19,21H,6-7,10-11H2,1-3H3. The fourth-order valence-corrected chi connectivity index (χ4v) is 5.43. The van der Waals surface area contributed by atoms with E-state index in [2.05, 4.69) is 45.0 Å². The van der Waals surface area contributed by atoms with E-state index in [1.807, 2.05) is 0 Å². The minimum atomic E-state index is -0.108. The smallest absolute Gasteiger partial charge is 0.0614 e. The highest BCUT2D eigenvalue weighted by Crippen LogP contribution is 2.70. The molecule has 5 unspecified atom stereocenters.